The first-order chi connectivity index (χ1) is 7.98. The van der Waals surface area contributed by atoms with Crippen molar-refractivity contribution in [2.75, 3.05) is 13.7 Å². The fourth-order valence-corrected chi connectivity index (χ4v) is 1.68. The van der Waals surface area contributed by atoms with Gasteiger partial charge >= 0.3 is 0 Å². The Balaban J connectivity index is 2.69. The Labute approximate surface area is 104 Å². The molecule has 0 saturated heterocycles. The molecule has 1 N–H and O–H groups in total. The summed E-state index contributed by atoms with van der Waals surface area (Å²) in [6.07, 6.45) is 4.99. The maximum absolute atomic E-state index is 5.82. The van der Waals surface area contributed by atoms with Gasteiger partial charge in [-0.1, -0.05) is 6.92 Å². The summed E-state index contributed by atoms with van der Waals surface area (Å²) in [5.74, 6) is 1.05. The van der Waals surface area contributed by atoms with E-state index in [-0.39, 0.29) is 11.6 Å². The first-order valence-corrected chi connectivity index (χ1v) is 6.30. The summed E-state index contributed by atoms with van der Waals surface area (Å²) in [5, 5.41) is 3.27. The maximum atomic E-state index is 5.82. The monoisotopic (exact) mass is 239 g/mol. The molecule has 4 nitrogen and oxygen atoms in total. The quantitative estimate of drug-likeness (QED) is 0.828. The van der Waals surface area contributed by atoms with E-state index in [2.05, 4.69) is 42.6 Å². The zero-order valence-electron chi connectivity index (χ0n) is 11.7. The number of imidazole rings is 1. The van der Waals surface area contributed by atoms with Crippen molar-refractivity contribution in [1.82, 2.24) is 14.9 Å². The Hall–Kier alpha value is -0.870. The van der Waals surface area contributed by atoms with Crippen LogP contribution in [-0.2, 0) is 11.3 Å². The minimum absolute atomic E-state index is 0.114. The van der Waals surface area contributed by atoms with E-state index >= 15 is 0 Å². The molecular formula is C13H25N3O. The standard InChI is InChI=1S/C13H25N3O/c1-6-8-16-9-7-15-12(16)11(14-5)10-17-13(2,3)4/h7,9,11,14H,6,8,10H2,1-5H3. The molecule has 1 aromatic rings. The highest BCUT2D eigenvalue weighted by atomic mass is 16.5. The predicted molar refractivity (Wildman–Crippen MR) is 70.0 cm³/mol. The summed E-state index contributed by atoms with van der Waals surface area (Å²) in [5.41, 5.74) is -0.114. The van der Waals surface area contributed by atoms with Gasteiger partial charge in [-0.2, -0.15) is 0 Å². The van der Waals surface area contributed by atoms with E-state index in [0.29, 0.717) is 6.61 Å². The van der Waals surface area contributed by atoms with E-state index in [0.717, 1.165) is 18.8 Å². The van der Waals surface area contributed by atoms with Gasteiger partial charge in [0.2, 0.25) is 0 Å². The second kappa shape index (κ2) is 6.17. The molecule has 0 fully saturated rings. The molecule has 1 rings (SSSR count). The molecule has 0 bridgehead atoms. The number of nitrogens with zero attached hydrogens (tertiary/aromatic N) is 2. The summed E-state index contributed by atoms with van der Waals surface area (Å²) in [7, 11) is 1.95. The number of likely N-dealkylation sites (N-methyl/N-ethyl adjacent to an activating group) is 1. The van der Waals surface area contributed by atoms with E-state index in [1.165, 1.54) is 0 Å². The van der Waals surface area contributed by atoms with Crippen LogP contribution in [0.3, 0.4) is 0 Å². The molecule has 0 radical (unpaired) electrons. The Morgan fingerprint density at radius 1 is 1.47 bits per heavy atom. The minimum Gasteiger partial charge on any atom is -0.374 e. The molecule has 0 aliphatic heterocycles. The van der Waals surface area contributed by atoms with Crippen LogP contribution in [0.15, 0.2) is 12.4 Å². The summed E-state index contributed by atoms with van der Waals surface area (Å²) in [6.45, 7) is 10.0. The van der Waals surface area contributed by atoms with Gasteiger partial charge in [0, 0.05) is 18.9 Å². The van der Waals surface area contributed by atoms with E-state index in [1.807, 2.05) is 19.4 Å². The highest BCUT2D eigenvalue weighted by Crippen LogP contribution is 2.15. The molecule has 98 valence electrons. The molecule has 0 saturated carbocycles. The minimum atomic E-state index is -0.114. The lowest BCUT2D eigenvalue weighted by Crippen LogP contribution is -2.30. The molecular weight excluding hydrogens is 214 g/mol. The number of aryl methyl sites for hydroxylation is 1. The lowest BCUT2D eigenvalue weighted by Gasteiger charge is -2.24. The summed E-state index contributed by atoms with van der Waals surface area (Å²) >= 11 is 0. The highest BCUT2D eigenvalue weighted by Gasteiger charge is 2.19. The van der Waals surface area contributed by atoms with Crippen molar-refractivity contribution in [3.05, 3.63) is 18.2 Å². The molecule has 0 aliphatic rings. The van der Waals surface area contributed by atoms with Crippen LogP contribution in [0, 0.1) is 0 Å². The van der Waals surface area contributed by atoms with Gasteiger partial charge in [-0.15, -0.1) is 0 Å². The number of rotatable bonds is 6. The molecule has 1 aromatic heterocycles. The number of hydrogen-bond donors (Lipinski definition) is 1. The molecule has 0 aliphatic carbocycles. The Kier molecular flexibility index (Phi) is 5.15. The third-order valence-electron chi connectivity index (χ3n) is 2.56. The second-order valence-corrected chi connectivity index (χ2v) is 5.24. The van der Waals surface area contributed by atoms with Gasteiger partial charge in [0.15, 0.2) is 0 Å². The topological polar surface area (TPSA) is 39.1 Å². The van der Waals surface area contributed by atoms with Crippen LogP contribution >= 0.6 is 0 Å². The largest absolute Gasteiger partial charge is 0.374 e. The van der Waals surface area contributed by atoms with Crippen molar-refractivity contribution in [2.45, 2.75) is 52.3 Å². The van der Waals surface area contributed by atoms with Gasteiger partial charge in [-0.25, -0.2) is 4.98 Å². The first kappa shape index (κ1) is 14.2. The third-order valence-corrected chi connectivity index (χ3v) is 2.56. The summed E-state index contributed by atoms with van der Waals surface area (Å²) < 4.78 is 8.01. The maximum Gasteiger partial charge on any atom is 0.128 e. The van der Waals surface area contributed by atoms with Crippen LogP contribution in [0.25, 0.3) is 0 Å². The fourth-order valence-electron chi connectivity index (χ4n) is 1.68. The molecule has 1 heterocycles. The van der Waals surface area contributed by atoms with Gasteiger partial charge in [0.05, 0.1) is 18.2 Å². The Morgan fingerprint density at radius 3 is 2.71 bits per heavy atom. The number of ether oxygens (including phenoxy) is 1. The van der Waals surface area contributed by atoms with Crippen molar-refractivity contribution in [3.63, 3.8) is 0 Å². The first-order valence-electron chi connectivity index (χ1n) is 6.30. The number of nitrogens with one attached hydrogen (secondary N) is 1. The Bertz CT molecular complexity index is 328. The lowest BCUT2D eigenvalue weighted by atomic mass is 10.2. The third kappa shape index (κ3) is 4.48. The van der Waals surface area contributed by atoms with Crippen molar-refractivity contribution in [3.8, 4) is 0 Å². The van der Waals surface area contributed by atoms with Crippen molar-refractivity contribution >= 4 is 0 Å². The fraction of sp³-hybridized carbons (Fsp3) is 0.769. The number of hydrogen-bond acceptors (Lipinski definition) is 3. The highest BCUT2D eigenvalue weighted by molar-refractivity contribution is 4.99. The lowest BCUT2D eigenvalue weighted by molar-refractivity contribution is -0.0153. The van der Waals surface area contributed by atoms with E-state index < -0.39 is 0 Å². The smallest absolute Gasteiger partial charge is 0.128 e. The van der Waals surface area contributed by atoms with Crippen molar-refractivity contribution in [2.24, 2.45) is 0 Å². The average Bonchev–Trinajstić information content (AvgIpc) is 2.66. The van der Waals surface area contributed by atoms with Crippen LogP contribution in [0.4, 0.5) is 0 Å². The summed E-state index contributed by atoms with van der Waals surface area (Å²) in [4.78, 5) is 4.43. The molecule has 1 unspecified atom stereocenters. The normalized spacial score (nSPS) is 13.9. The van der Waals surface area contributed by atoms with Crippen molar-refractivity contribution < 1.29 is 4.74 Å². The van der Waals surface area contributed by atoms with Gasteiger partial charge in [0.1, 0.15) is 5.82 Å². The van der Waals surface area contributed by atoms with Crippen molar-refractivity contribution in [1.29, 1.82) is 0 Å². The molecule has 0 amide bonds. The van der Waals surface area contributed by atoms with Gasteiger partial charge in [-0.3, -0.25) is 0 Å². The van der Waals surface area contributed by atoms with Crippen LogP contribution in [0.1, 0.15) is 46.0 Å². The zero-order chi connectivity index (χ0) is 12.9. The van der Waals surface area contributed by atoms with E-state index in [9.17, 15) is 0 Å². The van der Waals surface area contributed by atoms with Crippen LogP contribution < -0.4 is 5.32 Å². The average molecular weight is 239 g/mol. The molecule has 1 atom stereocenters. The molecule has 17 heavy (non-hydrogen) atoms. The molecule has 0 aromatic carbocycles. The molecule has 0 spiro atoms. The molecule has 4 heteroatoms. The number of aromatic nitrogens is 2. The van der Waals surface area contributed by atoms with Crippen LogP contribution in [-0.4, -0.2) is 28.8 Å². The predicted octanol–water partition coefficient (Wildman–Crippen LogP) is 2.37. The van der Waals surface area contributed by atoms with Gasteiger partial charge in [0.25, 0.3) is 0 Å². The SMILES string of the molecule is CCCn1ccnc1C(COC(C)(C)C)NC. The van der Waals surface area contributed by atoms with Crippen LogP contribution in [0.5, 0.6) is 0 Å². The van der Waals surface area contributed by atoms with E-state index in [1.54, 1.807) is 0 Å². The van der Waals surface area contributed by atoms with E-state index in [4.69, 9.17) is 4.74 Å². The van der Waals surface area contributed by atoms with Gasteiger partial charge < -0.3 is 14.6 Å². The second-order valence-electron chi connectivity index (χ2n) is 5.24. The summed E-state index contributed by atoms with van der Waals surface area (Å²) in [6, 6.07) is 0.149. The Morgan fingerprint density at radius 2 is 2.18 bits per heavy atom. The van der Waals surface area contributed by atoms with Gasteiger partial charge in [-0.05, 0) is 34.2 Å². The van der Waals surface area contributed by atoms with Crippen LogP contribution in [0.2, 0.25) is 0 Å². The zero-order valence-corrected chi connectivity index (χ0v) is 11.7.